The van der Waals surface area contributed by atoms with Gasteiger partial charge in [-0.25, -0.2) is 0 Å². The van der Waals surface area contributed by atoms with E-state index in [1.165, 1.54) is 16.0 Å². The zero-order valence-corrected chi connectivity index (χ0v) is 15.8. The number of aliphatic imine (C=N–C) groups is 1. The van der Waals surface area contributed by atoms with Crippen LogP contribution in [0.3, 0.4) is 0 Å². The summed E-state index contributed by atoms with van der Waals surface area (Å²) in [6.45, 7) is 8.02. The number of carbonyl (C=O) groups is 1. The Bertz CT molecular complexity index is 679. The molecule has 0 bridgehead atoms. The number of aryl methyl sites for hydroxylation is 1. The van der Waals surface area contributed by atoms with Crippen LogP contribution in [0.15, 0.2) is 39.9 Å². The minimum absolute atomic E-state index is 0.223. The van der Waals surface area contributed by atoms with Crippen LogP contribution in [0.1, 0.15) is 34.2 Å². The molecule has 2 aromatic heterocycles. The number of hydrogen-bond acceptors (Lipinski definition) is 4. The maximum absolute atomic E-state index is 11.8. The van der Waals surface area contributed by atoms with Gasteiger partial charge in [0.25, 0.3) is 5.91 Å². The summed E-state index contributed by atoms with van der Waals surface area (Å²) in [7, 11) is 0. The first-order chi connectivity index (χ1) is 12.1. The maximum Gasteiger partial charge on any atom is 0.287 e. The van der Waals surface area contributed by atoms with Gasteiger partial charge < -0.3 is 20.4 Å². The van der Waals surface area contributed by atoms with E-state index in [0.717, 1.165) is 18.9 Å². The van der Waals surface area contributed by atoms with Crippen molar-refractivity contribution in [3.8, 4) is 0 Å². The van der Waals surface area contributed by atoms with Gasteiger partial charge in [0.1, 0.15) is 0 Å². The summed E-state index contributed by atoms with van der Waals surface area (Å²) in [5.74, 6) is 0.851. The van der Waals surface area contributed by atoms with Gasteiger partial charge in [-0.2, -0.15) is 0 Å². The minimum Gasteiger partial charge on any atom is -0.459 e. The summed E-state index contributed by atoms with van der Waals surface area (Å²) < 4.78 is 5.05. The highest BCUT2D eigenvalue weighted by Crippen LogP contribution is 2.16. The molecule has 7 heteroatoms. The summed E-state index contributed by atoms with van der Waals surface area (Å²) in [6.07, 6.45) is 2.44. The molecule has 0 saturated heterocycles. The third-order valence-corrected chi connectivity index (χ3v) is 4.47. The van der Waals surface area contributed by atoms with Crippen molar-refractivity contribution in [2.24, 2.45) is 4.99 Å². The Balaban J connectivity index is 1.77. The van der Waals surface area contributed by atoms with E-state index in [1.54, 1.807) is 12.1 Å². The predicted octanol–water partition coefficient (Wildman–Crippen LogP) is 2.57. The molecule has 0 fully saturated rings. The lowest BCUT2D eigenvalue weighted by Crippen LogP contribution is -2.43. The largest absolute Gasteiger partial charge is 0.459 e. The maximum atomic E-state index is 11.8. The van der Waals surface area contributed by atoms with E-state index in [9.17, 15) is 4.79 Å². The molecule has 1 amide bonds. The molecule has 0 aliphatic carbocycles. The quantitative estimate of drug-likeness (QED) is 0.383. The van der Waals surface area contributed by atoms with Crippen molar-refractivity contribution in [2.45, 2.75) is 33.2 Å². The zero-order valence-electron chi connectivity index (χ0n) is 15.0. The molecule has 2 aromatic rings. The Kier molecular flexibility index (Phi) is 7.53. The molecule has 6 nitrogen and oxygen atoms in total. The molecule has 25 heavy (non-hydrogen) atoms. The molecule has 0 radical (unpaired) electrons. The second-order valence-corrected chi connectivity index (χ2v) is 7.13. The SMILES string of the molecule is CCNC(=NCCNC(=O)c1ccco1)NC(C)Cc1ccc(C)s1. The second kappa shape index (κ2) is 9.88. The Labute approximate surface area is 152 Å². The number of guanidine groups is 1. The lowest BCUT2D eigenvalue weighted by Gasteiger charge is -2.17. The third kappa shape index (κ3) is 6.62. The van der Waals surface area contributed by atoms with Gasteiger partial charge in [0, 0.05) is 35.3 Å². The van der Waals surface area contributed by atoms with E-state index in [4.69, 9.17) is 4.42 Å². The highest BCUT2D eigenvalue weighted by molar-refractivity contribution is 7.11. The summed E-state index contributed by atoms with van der Waals surface area (Å²) >= 11 is 1.82. The van der Waals surface area contributed by atoms with E-state index in [-0.39, 0.29) is 11.9 Å². The van der Waals surface area contributed by atoms with Crippen LogP contribution in [0, 0.1) is 6.92 Å². The van der Waals surface area contributed by atoms with Crippen LogP contribution >= 0.6 is 11.3 Å². The highest BCUT2D eigenvalue weighted by Gasteiger charge is 2.09. The van der Waals surface area contributed by atoms with E-state index >= 15 is 0 Å². The number of carbonyl (C=O) groups excluding carboxylic acids is 1. The number of thiophene rings is 1. The number of rotatable bonds is 8. The van der Waals surface area contributed by atoms with Crippen molar-refractivity contribution >= 4 is 23.2 Å². The molecule has 2 rings (SSSR count). The number of furan rings is 1. The molecular weight excluding hydrogens is 336 g/mol. The van der Waals surface area contributed by atoms with Gasteiger partial charge in [0.2, 0.25) is 0 Å². The normalized spacial score (nSPS) is 12.7. The van der Waals surface area contributed by atoms with Crippen LogP contribution < -0.4 is 16.0 Å². The first-order valence-corrected chi connectivity index (χ1v) is 9.32. The summed E-state index contributed by atoms with van der Waals surface area (Å²) in [5.41, 5.74) is 0. The molecule has 1 unspecified atom stereocenters. The Morgan fingerprint density at radius 1 is 1.32 bits per heavy atom. The summed E-state index contributed by atoms with van der Waals surface area (Å²) in [5, 5.41) is 9.42. The molecule has 1 atom stereocenters. The fourth-order valence-corrected chi connectivity index (χ4v) is 3.35. The van der Waals surface area contributed by atoms with E-state index in [2.05, 4.69) is 46.9 Å². The monoisotopic (exact) mass is 362 g/mol. The molecule has 0 saturated carbocycles. The van der Waals surface area contributed by atoms with E-state index in [0.29, 0.717) is 18.8 Å². The summed E-state index contributed by atoms with van der Waals surface area (Å²) in [6, 6.07) is 7.92. The smallest absolute Gasteiger partial charge is 0.287 e. The number of amides is 1. The average molecular weight is 362 g/mol. The predicted molar refractivity (Wildman–Crippen MR) is 102 cm³/mol. The topological polar surface area (TPSA) is 78.7 Å². The molecule has 0 aliphatic rings. The van der Waals surface area contributed by atoms with Crippen molar-refractivity contribution in [3.05, 3.63) is 46.0 Å². The Hall–Kier alpha value is -2.28. The van der Waals surface area contributed by atoms with Gasteiger partial charge in [-0.1, -0.05) is 0 Å². The minimum atomic E-state index is -0.223. The third-order valence-electron chi connectivity index (χ3n) is 3.44. The molecule has 0 spiro atoms. The van der Waals surface area contributed by atoms with Gasteiger partial charge in [-0.05, 0) is 45.0 Å². The van der Waals surface area contributed by atoms with Crippen molar-refractivity contribution in [1.82, 2.24) is 16.0 Å². The lowest BCUT2D eigenvalue weighted by molar-refractivity contribution is 0.0927. The fourth-order valence-electron chi connectivity index (χ4n) is 2.33. The number of hydrogen-bond donors (Lipinski definition) is 3. The van der Waals surface area contributed by atoms with Crippen LogP contribution in [0.25, 0.3) is 0 Å². The van der Waals surface area contributed by atoms with Crippen molar-refractivity contribution < 1.29 is 9.21 Å². The second-order valence-electron chi connectivity index (χ2n) is 5.76. The zero-order chi connectivity index (χ0) is 18.1. The van der Waals surface area contributed by atoms with Gasteiger partial charge in [-0.3, -0.25) is 9.79 Å². The van der Waals surface area contributed by atoms with Gasteiger partial charge >= 0.3 is 0 Å². The van der Waals surface area contributed by atoms with E-state index < -0.39 is 0 Å². The fraction of sp³-hybridized carbons (Fsp3) is 0.444. The van der Waals surface area contributed by atoms with Crippen LogP contribution in [0.2, 0.25) is 0 Å². The first kappa shape index (κ1) is 19.1. The Morgan fingerprint density at radius 2 is 2.16 bits per heavy atom. The van der Waals surface area contributed by atoms with Crippen LogP contribution in [-0.2, 0) is 6.42 Å². The standard InChI is InChI=1S/C18H26N4O2S/c1-4-19-18(22-13(2)12-15-8-7-14(3)25-15)21-10-9-20-17(23)16-6-5-11-24-16/h5-8,11,13H,4,9-10,12H2,1-3H3,(H,20,23)(H2,19,21,22). The number of nitrogens with one attached hydrogen (secondary N) is 3. The average Bonchev–Trinajstić information content (AvgIpc) is 3.23. The van der Waals surface area contributed by atoms with Crippen molar-refractivity contribution in [2.75, 3.05) is 19.6 Å². The first-order valence-electron chi connectivity index (χ1n) is 8.50. The molecule has 136 valence electrons. The number of nitrogens with zero attached hydrogens (tertiary/aromatic N) is 1. The lowest BCUT2D eigenvalue weighted by atomic mass is 10.2. The van der Waals surface area contributed by atoms with Crippen molar-refractivity contribution in [3.63, 3.8) is 0 Å². The van der Waals surface area contributed by atoms with Gasteiger partial charge in [0.15, 0.2) is 11.7 Å². The molecule has 3 N–H and O–H groups in total. The van der Waals surface area contributed by atoms with Gasteiger partial charge in [-0.15, -0.1) is 11.3 Å². The Morgan fingerprint density at radius 3 is 2.80 bits per heavy atom. The van der Waals surface area contributed by atoms with Crippen LogP contribution in [-0.4, -0.2) is 37.5 Å². The molecule has 0 aromatic carbocycles. The molecule has 0 aliphatic heterocycles. The van der Waals surface area contributed by atoms with Crippen LogP contribution in [0.4, 0.5) is 0 Å². The molecule has 2 heterocycles. The van der Waals surface area contributed by atoms with Gasteiger partial charge in [0.05, 0.1) is 12.8 Å². The van der Waals surface area contributed by atoms with E-state index in [1.807, 2.05) is 18.3 Å². The van der Waals surface area contributed by atoms with Crippen LogP contribution in [0.5, 0.6) is 0 Å². The molecular formula is C18H26N4O2S. The summed E-state index contributed by atoms with van der Waals surface area (Å²) in [4.78, 5) is 19.0. The van der Waals surface area contributed by atoms with Crippen molar-refractivity contribution in [1.29, 1.82) is 0 Å². The highest BCUT2D eigenvalue weighted by atomic mass is 32.1.